The number of aryl methyl sites for hydroxylation is 1. The first-order chi connectivity index (χ1) is 8.19. The van der Waals surface area contributed by atoms with Gasteiger partial charge in [-0.25, -0.2) is 4.98 Å². The van der Waals surface area contributed by atoms with Crippen LogP contribution in [0.1, 0.15) is 36.2 Å². The molecule has 92 valence electrons. The second-order valence-electron chi connectivity index (χ2n) is 3.99. The van der Waals surface area contributed by atoms with Gasteiger partial charge >= 0.3 is 0 Å². The normalized spacial score (nSPS) is 12.9. The second kappa shape index (κ2) is 5.42. The molecule has 0 saturated carbocycles. The molecular formula is C12H17N3OS. The van der Waals surface area contributed by atoms with Crippen LogP contribution < -0.4 is 0 Å². The Morgan fingerprint density at radius 1 is 1.53 bits per heavy atom. The third-order valence-corrected chi connectivity index (χ3v) is 3.47. The zero-order valence-electron chi connectivity index (χ0n) is 10.4. The highest BCUT2D eigenvalue weighted by molar-refractivity contribution is 7.09. The van der Waals surface area contributed by atoms with Gasteiger partial charge in [0.25, 0.3) is 0 Å². The van der Waals surface area contributed by atoms with Crippen molar-refractivity contribution in [1.82, 2.24) is 14.8 Å². The fraction of sp³-hybridized carbons (Fsp3) is 0.500. The van der Waals surface area contributed by atoms with Crippen molar-refractivity contribution in [2.24, 2.45) is 0 Å². The Balaban J connectivity index is 2.03. The Hall–Kier alpha value is -1.20. The first-order valence-electron chi connectivity index (χ1n) is 5.74. The van der Waals surface area contributed by atoms with Gasteiger partial charge in [0.15, 0.2) is 0 Å². The third-order valence-electron chi connectivity index (χ3n) is 2.42. The molecule has 0 amide bonds. The summed E-state index contributed by atoms with van der Waals surface area (Å²) in [6.07, 6.45) is 3.96. The van der Waals surface area contributed by atoms with Crippen LogP contribution in [0.5, 0.6) is 0 Å². The molecule has 2 aromatic rings. The van der Waals surface area contributed by atoms with E-state index in [9.17, 15) is 0 Å². The average Bonchev–Trinajstić information content (AvgIpc) is 2.89. The number of hydrogen-bond acceptors (Lipinski definition) is 4. The van der Waals surface area contributed by atoms with Crippen LogP contribution in [0.4, 0.5) is 0 Å². The van der Waals surface area contributed by atoms with Gasteiger partial charge in [0.2, 0.25) is 0 Å². The van der Waals surface area contributed by atoms with E-state index in [1.165, 1.54) is 5.56 Å². The molecule has 1 atom stereocenters. The van der Waals surface area contributed by atoms with Crippen LogP contribution in [-0.4, -0.2) is 21.4 Å². The van der Waals surface area contributed by atoms with Gasteiger partial charge in [-0.2, -0.15) is 5.10 Å². The van der Waals surface area contributed by atoms with Gasteiger partial charge < -0.3 is 4.74 Å². The first-order valence-corrected chi connectivity index (χ1v) is 6.62. The fourth-order valence-electron chi connectivity index (χ4n) is 1.62. The molecule has 2 aromatic heterocycles. The minimum absolute atomic E-state index is 0.0816. The Bertz CT molecular complexity index is 478. The molecule has 5 heteroatoms. The summed E-state index contributed by atoms with van der Waals surface area (Å²) in [6.45, 7) is 7.51. The maximum absolute atomic E-state index is 5.52. The molecule has 0 saturated heterocycles. The smallest absolute Gasteiger partial charge is 0.122 e. The van der Waals surface area contributed by atoms with Crippen molar-refractivity contribution >= 4 is 11.3 Å². The monoisotopic (exact) mass is 251 g/mol. The maximum atomic E-state index is 5.52. The highest BCUT2D eigenvalue weighted by Gasteiger charge is 2.10. The zero-order chi connectivity index (χ0) is 12.3. The highest BCUT2D eigenvalue weighted by atomic mass is 32.1. The van der Waals surface area contributed by atoms with E-state index in [-0.39, 0.29) is 6.10 Å². The first kappa shape index (κ1) is 12.3. The molecule has 0 aromatic carbocycles. The zero-order valence-corrected chi connectivity index (χ0v) is 11.2. The SMILES string of the molecule is CCO[C@H](C)c1nc(Cn2cc(C)cn2)cs1. The van der Waals surface area contributed by atoms with E-state index in [1.54, 1.807) is 11.3 Å². The summed E-state index contributed by atoms with van der Waals surface area (Å²) in [6, 6.07) is 0. The lowest BCUT2D eigenvalue weighted by atomic mass is 10.4. The van der Waals surface area contributed by atoms with Gasteiger partial charge in [-0.05, 0) is 26.3 Å². The lowest BCUT2D eigenvalue weighted by molar-refractivity contribution is 0.0761. The van der Waals surface area contributed by atoms with Gasteiger partial charge in [-0.15, -0.1) is 11.3 Å². The Morgan fingerprint density at radius 2 is 2.35 bits per heavy atom. The molecule has 0 bridgehead atoms. The van der Waals surface area contributed by atoms with Crippen LogP contribution in [0.15, 0.2) is 17.8 Å². The predicted molar refractivity (Wildman–Crippen MR) is 68.2 cm³/mol. The van der Waals surface area contributed by atoms with Crippen LogP contribution in [0, 0.1) is 6.92 Å². The minimum Gasteiger partial charge on any atom is -0.372 e. The van der Waals surface area contributed by atoms with Gasteiger partial charge in [0, 0.05) is 18.2 Å². The summed E-state index contributed by atoms with van der Waals surface area (Å²) in [5.41, 5.74) is 2.21. The fourth-order valence-corrected chi connectivity index (χ4v) is 2.44. The van der Waals surface area contributed by atoms with Crippen LogP contribution in [0.3, 0.4) is 0 Å². The molecular weight excluding hydrogens is 234 g/mol. The van der Waals surface area contributed by atoms with E-state index >= 15 is 0 Å². The van der Waals surface area contributed by atoms with E-state index in [0.29, 0.717) is 6.61 Å². The van der Waals surface area contributed by atoms with E-state index in [0.717, 1.165) is 17.2 Å². The molecule has 0 spiro atoms. The van der Waals surface area contributed by atoms with E-state index < -0.39 is 0 Å². The molecule has 0 aliphatic heterocycles. The largest absolute Gasteiger partial charge is 0.372 e. The number of thiazole rings is 1. The second-order valence-corrected chi connectivity index (χ2v) is 4.88. The van der Waals surface area contributed by atoms with Gasteiger partial charge in [-0.3, -0.25) is 4.68 Å². The molecule has 2 rings (SSSR count). The summed E-state index contributed by atoms with van der Waals surface area (Å²) in [7, 11) is 0. The topological polar surface area (TPSA) is 39.9 Å². The van der Waals surface area contributed by atoms with E-state index in [2.05, 4.69) is 15.5 Å². The quantitative estimate of drug-likeness (QED) is 0.820. The molecule has 0 fully saturated rings. The number of ether oxygens (including phenoxy) is 1. The Labute approximate surface area is 105 Å². The lowest BCUT2D eigenvalue weighted by Crippen LogP contribution is -2.02. The summed E-state index contributed by atoms with van der Waals surface area (Å²) in [4.78, 5) is 4.57. The van der Waals surface area contributed by atoms with Crippen molar-refractivity contribution < 1.29 is 4.74 Å². The van der Waals surface area contributed by atoms with Gasteiger partial charge in [-0.1, -0.05) is 0 Å². The number of rotatable bonds is 5. The maximum Gasteiger partial charge on any atom is 0.122 e. The molecule has 0 aliphatic rings. The van der Waals surface area contributed by atoms with Crippen molar-refractivity contribution in [3.8, 4) is 0 Å². The Kier molecular flexibility index (Phi) is 3.91. The van der Waals surface area contributed by atoms with Crippen molar-refractivity contribution in [3.05, 3.63) is 34.0 Å². The van der Waals surface area contributed by atoms with Gasteiger partial charge in [0.05, 0.1) is 18.4 Å². The molecule has 2 heterocycles. The van der Waals surface area contributed by atoms with Crippen molar-refractivity contribution in [2.45, 2.75) is 33.4 Å². The molecule has 0 radical (unpaired) electrons. The van der Waals surface area contributed by atoms with Crippen molar-refractivity contribution in [3.63, 3.8) is 0 Å². The molecule has 0 unspecified atom stereocenters. The lowest BCUT2D eigenvalue weighted by Gasteiger charge is -2.06. The molecule has 0 N–H and O–H groups in total. The Morgan fingerprint density at radius 3 is 3.00 bits per heavy atom. The summed E-state index contributed by atoms with van der Waals surface area (Å²) >= 11 is 1.65. The van der Waals surface area contributed by atoms with Crippen LogP contribution in [0.2, 0.25) is 0 Å². The van der Waals surface area contributed by atoms with E-state index in [4.69, 9.17) is 4.74 Å². The number of nitrogens with zero attached hydrogens (tertiary/aromatic N) is 3. The average molecular weight is 251 g/mol. The molecule has 17 heavy (non-hydrogen) atoms. The van der Waals surface area contributed by atoms with E-state index in [1.807, 2.05) is 37.8 Å². The van der Waals surface area contributed by atoms with Crippen LogP contribution >= 0.6 is 11.3 Å². The van der Waals surface area contributed by atoms with Crippen molar-refractivity contribution in [2.75, 3.05) is 6.61 Å². The molecule has 4 nitrogen and oxygen atoms in total. The van der Waals surface area contributed by atoms with Gasteiger partial charge in [0.1, 0.15) is 11.1 Å². The summed E-state index contributed by atoms with van der Waals surface area (Å²) in [5, 5.41) is 7.36. The van der Waals surface area contributed by atoms with Crippen LogP contribution in [0.25, 0.3) is 0 Å². The molecule has 0 aliphatic carbocycles. The minimum atomic E-state index is 0.0816. The standard InChI is InChI=1S/C12H17N3OS/c1-4-16-10(3)12-14-11(8-17-12)7-15-6-9(2)5-13-15/h5-6,8,10H,4,7H2,1-3H3/t10-/m1/s1. The highest BCUT2D eigenvalue weighted by Crippen LogP contribution is 2.21. The predicted octanol–water partition coefficient (Wildman–Crippen LogP) is 2.79. The summed E-state index contributed by atoms with van der Waals surface area (Å²) < 4.78 is 7.42. The van der Waals surface area contributed by atoms with Crippen molar-refractivity contribution in [1.29, 1.82) is 0 Å². The number of aromatic nitrogens is 3. The summed E-state index contributed by atoms with van der Waals surface area (Å²) in [5.74, 6) is 0. The number of hydrogen-bond donors (Lipinski definition) is 0. The third kappa shape index (κ3) is 3.14. The van der Waals surface area contributed by atoms with Crippen LogP contribution in [-0.2, 0) is 11.3 Å².